The van der Waals surface area contributed by atoms with Gasteiger partial charge in [-0.15, -0.1) is 0 Å². The van der Waals surface area contributed by atoms with E-state index in [1.165, 1.54) is 0 Å². The summed E-state index contributed by atoms with van der Waals surface area (Å²) in [7, 11) is -4.36. The Hall–Kier alpha value is -2.70. The van der Waals surface area contributed by atoms with E-state index in [0.717, 1.165) is 21.9 Å². The Morgan fingerprint density at radius 1 is 0.917 bits per heavy atom. The van der Waals surface area contributed by atoms with E-state index in [4.69, 9.17) is 0 Å². The van der Waals surface area contributed by atoms with Gasteiger partial charge >= 0.3 is 15.3 Å². The van der Waals surface area contributed by atoms with Crippen LogP contribution in [0.4, 0.5) is 0 Å². The molecule has 3 aromatic carbocycles. The van der Waals surface area contributed by atoms with Crippen molar-refractivity contribution >= 4 is 31.9 Å². The summed E-state index contributed by atoms with van der Waals surface area (Å²) in [6.45, 7) is 0.334. The van der Waals surface area contributed by atoms with Gasteiger partial charge in [0.05, 0.1) is 0 Å². The molecule has 0 bridgehead atoms. The maximum Gasteiger partial charge on any atom is 0.401 e. The van der Waals surface area contributed by atoms with Gasteiger partial charge in [-0.25, -0.2) is 9.55 Å². The molecule has 4 aromatic rings. The Kier molecular flexibility index (Phi) is 3.37. The lowest BCUT2D eigenvalue weighted by Gasteiger charge is -2.06. The number of rotatable bonds is 3. The minimum atomic E-state index is -4.36. The molecule has 0 saturated heterocycles. The molecular weight excluding hydrogens is 324 g/mol. The summed E-state index contributed by atoms with van der Waals surface area (Å²) in [5.41, 5.74) is 2.36. The number of nitrogens with one attached hydrogen (secondary N) is 1. The van der Waals surface area contributed by atoms with E-state index in [0.29, 0.717) is 12.1 Å². The van der Waals surface area contributed by atoms with Gasteiger partial charge in [0.25, 0.3) is 0 Å². The molecule has 1 heterocycles. The van der Waals surface area contributed by atoms with Gasteiger partial charge in [0.15, 0.2) is 11.0 Å². The summed E-state index contributed by atoms with van der Waals surface area (Å²) in [5.74, 6) is 0. The largest absolute Gasteiger partial charge is 0.401 e. The summed E-state index contributed by atoms with van der Waals surface area (Å²) in [6.07, 6.45) is 0. The van der Waals surface area contributed by atoms with Crippen molar-refractivity contribution in [2.24, 2.45) is 0 Å². The van der Waals surface area contributed by atoms with E-state index in [1.807, 2.05) is 60.7 Å². The Morgan fingerprint density at radius 3 is 2.46 bits per heavy atom. The second-order valence-corrected chi connectivity index (χ2v) is 6.98. The van der Waals surface area contributed by atoms with Crippen molar-refractivity contribution in [1.29, 1.82) is 0 Å². The highest BCUT2D eigenvalue weighted by molar-refractivity contribution is 7.85. The highest BCUT2D eigenvalue weighted by atomic mass is 32.2. The number of aromatic nitrogens is 2. The third-order valence-corrected chi connectivity index (χ3v) is 4.95. The van der Waals surface area contributed by atoms with E-state index < -0.39 is 10.1 Å². The number of fused-ring (bicyclic) bond motifs is 2. The molecule has 0 unspecified atom stereocenters. The molecule has 1 aromatic heterocycles. The average molecular weight is 339 g/mol. The lowest BCUT2D eigenvalue weighted by atomic mass is 10.0. The third-order valence-electron chi connectivity index (χ3n) is 4.13. The van der Waals surface area contributed by atoms with E-state index in [1.54, 1.807) is 10.6 Å². The molecule has 0 atom stereocenters. The van der Waals surface area contributed by atoms with Gasteiger partial charge < -0.3 is 0 Å². The number of hydrogen-bond acceptors (Lipinski definition) is 2. The van der Waals surface area contributed by atoms with Crippen LogP contribution in [0.25, 0.3) is 21.8 Å². The van der Waals surface area contributed by atoms with E-state index >= 15 is 0 Å². The minimum absolute atomic E-state index is 0.211. The van der Waals surface area contributed by atoms with E-state index in [2.05, 4.69) is 4.98 Å². The fraction of sp³-hybridized carbons (Fsp3) is 0.0556. The summed E-state index contributed by atoms with van der Waals surface area (Å²) < 4.78 is 34.7. The van der Waals surface area contributed by atoms with Crippen molar-refractivity contribution < 1.29 is 17.5 Å². The smallest absolute Gasteiger partial charge is 0.276 e. The monoisotopic (exact) mass is 339 g/mol. The van der Waals surface area contributed by atoms with Crippen LogP contribution in [0.1, 0.15) is 5.56 Å². The fourth-order valence-corrected chi connectivity index (χ4v) is 3.75. The quantitative estimate of drug-likeness (QED) is 0.445. The maximum atomic E-state index is 11.8. The van der Waals surface area contributed by atoms with Crippen molar-refractivity contribution in [3.63, 3.8) is 0 Å². The van der Waals surface area contributed by atoms with Crippen molar-refractivity contribution in [3.8, 4) is 0 Å². The van der Waals surface area contributed by atoms with Crippen LogP contribution in [0.3, 0.4) is 0 Å². The number of para-hydroxylation sites is 2. The van der Waals surface area contributed by atoms with Crippen LogP contribution in [0.5, 0.6) is 0 Å². The van der Waals surface area contributed by atoms with Crippen LogP contribution in [0, 0.1) is 0 Å². The molecule has 24 heavy (non-hydrogen) atoms. The zero-order valence-corrected chi connectivity index (χ0v) is 13.5. The van der Waals surface area contributed by atoms with Gasteiger partial charge in [-0.1, -0.05) is 54.6 Å². The molecule has 120 valence electrons. The SMILES string of the molecule is O=S(=O)(O)c1[nH]c2ccccc2[n+]1Cc1cccc2ccccc12. The highest BCUT2D eigenvalue weighted by Gasteiger charge is 2.29. The minimum Gasteiger partial charge on any atom is -0.276 e. The molecule has 0 aliphatic heterocycles. The summed E-state index contributed by atoms with van der Waals surface area (Å²) in [6, 6.07) is 21.1. The Morgan fingerprint density at radius 2 is 1.62 bits per heavy atom. The van der Waals surface area contributed by atoms with E-state index in [9.17, 15) is 13.0 Å². The molecule has 4 rings (SSSR count). The first-order valence-corrected chi connectivity index (χ1v) is 8.93. The predicted molar refractivity (Wildman–Crippen MR) is 91.4 cm³/mol. The highest BCUT2D eigenvalue weighted by Crippen LogP contribution is 2.20. The average Bonchev–Trinajstić information content (AvgIpc) is 2.94. The number of benzene rings is 3. The molecule has 0 spiro atoms. The molecule has 0 aliphatic rings. The molecule has 0 fully saturated rings. The summed E-state index contributed by atoms with van der Waals surface area (Å²) >= 11 is 0. The summed E-state index contributed by atoms with van der Waals surface area (Å²) in [4.78, 5) is 2.80. The van der Waals surface area contributed by atoms with Crippen LogP contribution >= 0.6 is 0 Å². The number of imidazole rings is 1. The molecule has 2 N–H and O–H groups in total. The maximum absolute atomic E-state index is 11.8. The van der Waals surface area contributed by atoms with Crippen molar-refractivity contribution in [2.75, 3.05) is 0 Å². The molecular formula is C18H15N2O3S+. The third kappa shape index (κ3) is 2.46. The van der Waals surface area contributed by atoms with Crippen molar-refractivity contribution in [2.45, 2.75) is 11.7 Å². The number of nitrogens with zero attached hydrogens (tertiary/aromatic N) is 1. The molecule has 6 heteroatoms. The summed E-state index contributed by atoms with van der Waals surface area (Å²) in [5, 5.41) is 1.93. The molecule has 5 nitrogen and oxygen atoms in total. The van der Waals surface area contributed by atoms with Crippen LogP contribution in [-0.4, -0.2) is 18.0 Å². The van der Waals surface area contributed by atoms with Gasteiger partial charge in [-0.05, 0) is 22.9 Å². The van der Waals surface area contributed by atoms with E-state index in [-0.39, 0.29) is 5.16 Å². The van der Waals surface area contributed by atoms with Crippen LogP contribution in [0.2, 0.25) is 0 Å². The standard InChI is InChI=1S/C18H14N2O3S/c21-24(22,23)18-19-16-10-3-4-11-17(16)20(18)12-14-8-5-7-13-6-1-2-9-15(13)14/h1-11H,12H2,(H,21,22,23)/p+1. The Labute approximate surface area is 138 Å². The normalized spacial score (nSPS) is 12.0. The number of hydrogen-bond donors (Lipinski definition) is 2. The topological polar surface area (TPSA) is 74.0 Å². The number of H-pyrrole nitrogens is 1. The second kappa shape index (κ2) is 5.43. The first-order chi connectivity index (χ1) is 11.5. The molecule has 0 radical (unpaired) electrons. The Bertz CT molecular complexity index is 1160. The van der Waals surface area contributed by atoms with Crippen molar-refractivity contribution in [1.82, 2.24) is 4.98 Å². The van der Waals surface area contributed by atoms with Gasteiger partial charge in [0.1, 0.15) is 6.54 Å². The lowest BCUT2D eigenvalue weighted by Crippen LogP contribution is -2.39. The zero-order valence-electron chi connectivity index (χ0n) is 12.7. The van der Waals surface area contributed by atoms with Crippen LogP contribution < -0.4 is 4.57 Å². The predicted octanol–water partition coefficient (Wildman–Crippen LogP) is 2.90. The first kappa shape index (κ1) is 14.9. The molecule has 0 aliphatic carbocycles. The zero-order chi connectivity index (χ0) is 16.7. The fourth-order valence-electron chi connectivity index (χ4n) is 3.07. The van der Waals surface area contributed by atoms with Gasteiger partial charge in [0, 0.05) is 5.56 Å². The second-order valence-electron chi connectivity index (χ2n) is 5.65. The van der Waals surface area contributed by atoms with Gasteiger partial charge in [0.2, 0.25) is 0 Å². The van der Waals surface area contributed by atoms with Crippen molar-refractivity contribution in [3.05, 3.63) is 72.3 Å². The van der Waals surface area contributed by atoms with Gasteiger partial charge in [-0.2, -0.15) is 8.42 Å². The lowest BCUT2D eigenvalue weighted by molar-refractivity contribution is -0.701. The van der Waals surface area contributed by atoms with Crippen LogP contribution in [0.15, 0.2) is 71.9 Å². The number of aromatic amines is 1. The molecule has 0 amide bonds. The van der Waals surface area contributed by atoms with Crippen LogP contribution in [-0.2, 0) is 16.7 Å². The first-order valence-electron chi connectivity index (χ1n) is 7.49. The van der Waals surface area contributed by atoms with Gasteiger partial charge in [-0.3, -0.25) is 4.55 Å². The molecule has 0 saturated carbocycles. The Balaban J connectivity index is 1.96.